The van der Waals surface area contributed by atoms with E-state index in [2.05, 4.69) is 35.9 Å². The highest BCUT2D eigenvalue weighted by atomic mass is 79.9. The van der Waals surface area contributed by atoms with Crippen LogP contribution in [0.25, 0.3) is 0 Å². The molecule has 0 amide bonds. The molecule has 3 fully saturated rings. The molecule has 5 heteroatoms. The lowest BCUT2D eigenvalue weighted by Gasteiger charge is -2.59. The first-order valence-corrected chi connectivity index (χ1v) is 11.8. The molecule has 0 aromatic carbocycles. The van der Waals surface area contributed by atoms with Crippen LogP contribution in [0.3, 0.4) is 0 Å². The summed E-state index contributed by atoms with van der Waals surface area (Å²) in [6, 6.07) is 0. The number of alkyl halides is 1. The third-order valence-electron chi connectivity index (χ3n) is 8.59. The van der Waals surface area contributed by atoms with Crippen molar-refractivity contribution in [3.8, 4) is 0 Å². The molecule has 0 radical (unpaired) electrons. The zero-order chi connectivity index (χ0) is 20.3. The van der Waals surface area contributed by atoms with E-state index in [1.165, 1.54) is 25.8 Å². The summed E-state index contributed by atoms with van der Waals surface area (Å²) in [4.78, 5) is 23.5. The molecule has 0 saturated heterocycles. The van der Waals surface area contributed by atoms with Crippen LogP contribution < -0.4 is 0 Å². The summed E-state index contributed by atoms with van der Waals surface area (Å²) in [6.45, 7) is 7.84. The number of hydrogen-bond acceptors (Lipinski definition) is 4. The highest BCUT2D eigenvalue weighted by Crippen LogP contribution is 2.66. The van der Waals surface area contributed by atoms with Crippen LogP contribution >= 0.6 is 15.9 Å². The van der Waals surface area contributed by atoms with Crippen LogP contribution in [-0.4, -0.2) is 29.0 Å². The number of allylic oxidation sites excluding steroid dienone is 1. The summed E-state index contributed by atoms with van der Waals surface area (Å²) in [5.74, 6) is 1.53. The molecule has 0 spiro atoms. The second-order valence-electron chi connectivity index (χ2n) is 10.0. The van der Waals surface area contributed by atoms with Crippen molar-refractivity contribution in [3.63, 3.8) is 0 Å². The molecule has 0 bridgehead atoms. The smallest absolute Gasteiger partial charge is 0.303 e. The van der Waals surface area contributed by atoms with Gasteiger partial charge in [-0.05, 0) is 74.2 Å². The molecular formula is C23H33BrO4. The molecule has 3 saturated carbocycles. The standard InChI is InChI=1S/C23H33BrO4/c1-13(25)27-16-7-9-22(3)15(11-16)12-19(24)21-17-5-6-20(28-14(2)26)23(17,4)10-8-18(21)22/h11,16-21H,5-10,12H2,1-4H3/t16-,17-,18-,19?,20-,21-,22-,23-/m0/s1. The molecule has 1 unspecified atom stereocenters. The Bertz CT molecular complexity index is 703. The van der Waals surface area contributed by atoms with Crippen LogP contribution in [0, 0.1) is 28.6 Å². The fourth-order valence-corrected chi connectivity index (χ4v) is 8.35. The summed E-state index contributed by atoms with van der Waals surface area (Å²) in [5.41, 5.74) is 1.78. The number of esters is 2. The quantitative estimate of drug-likeness (QED) is 0.328. The second-order valence-corrected chi connectivity index (χ2v) is 11.2. The minimum atomic E-state index is -0.189. The Labute approximate surface area is 176 Å². The maximum atomic E-state index is 11.6. The molecule has 4 nitrogen and oxygen atoms in total. The predicted octanol–water partition coefficient (Wildman–Crippen LogP) is 5.19. The van der Waals surface area contributed by atoms with E-state index in [0.717, 1.165) is 38.5 Å². The molecule has 0 heterocycles. The van der Waals surface area contributed by atoms with E-state index in [1.54, 1.807) is 0 Å². The second kappa shape index (κ2) is 7.14. The average Bonchev–Trinajstić information content (AvgIpc) is 2.92. The summed E-state index contributed by atoms with van der Waals surface area (Å²) < 4.78 is 11.3. The highest BCUT2D eigenvalue weighted by molar-refractivity contribution is 9.09. The fourth-order valence-electron chi connectivity index (χ4n) is 7.27. The van der Waals surface area contributed by atoms with E-state index < -0.39 is 0 Å². The van der Waals surface area contributed by atoms with E-state index in [9.17, 15) is 9.59 Å². The third kappa shape index (κ3) is 3.16. The molecular weight excluding hydrogens is 420 g/mol. The van der Waals surface area contributed by atoms with Crippen LogP contribution in [0.15, 0.2) is 11.6 Å². The molecule has 4 rings (SSSR count). The molecule has 0 aromatic heterocycles. The lowest BCUT2D eigenvalue weighted by molar-refractivity contribution is -0.157. The Hall–Kier alpha value is -0.840. The number of rotatable bonds is 2. The predicted molar refractivity (Wildman–Crippen MR) is 111 cm³/mol. The number of halogens is 1. The number of carbonyl (C=O) groups excluding carboxylic acids is 2. The van der Waals surface area contributed by atoms with Crippen molar-refractivity contribution in [3.05, 3.63) is 11.6 Å². The van der Waals surface area contributed by atoms with Crippen molar-refractivity contribution in [2.45, 2.75) is 89.7 Å². The maximum absolute atomic E-state index is 11.6. The number of carbonyl (C=O) groups is 2. The number of ether oxygens (including phenoxy) is 2. The van der Waals surface area contributed by atoms with Crippen molar-refractivity contribution >= 4 is 27.9 Å². The van der Waals surface area contributed by atoms with E-state index in [1.807, 2.05) is 0 Å². The van der Waals surface area contributed by atoms with Crippen molar-refractivity contribution < 1.29 is 19.1 Å². The molecule has 4 aliphatic rings. The number of fused-ring (bicyclic) bond motifs is 5. The van der Waals surface area contributed by atoms with E-state index in [0.29, 0.717) is 22.6 Å². The van der Waals surface area contributed by atoms with Crippen LogP contribution in [-0.2, 0) is 19.1 Å². The van der Waals surface area contributed by atoms with Crippen LogP contribution in [0.1, 0.15) is 72.6 Å². The van der Waals surface area contributed by atoms with Gasteiger partial charge in [0.2, 0.25) is 0 Å². The van der Waals surface area contributed by atoms with Gasteiger partial charge in [0.1, 0.15) is 12.2 Å². The van der Waals surface area contributed by atoms with Crippen molar-refractivity contribution in [2.24, 2.45) is 28.6 Å². The lowest BCUT2D eigenvalue weighted by atomic mass is 9.47. The molecule has 0 aromatic rings. The Morgan fingerprint density at radius 1 is 1.00 bits per heavy atom. The first kappa shape index (κ1) is 20.4. The molecule has 156 valence electrons. The minimum absolute atomic E-state index is 0.0643. The minimum Gasteiger partial charge on any atom is -0.462 e. The summed E-state index contributed by atoms with van der Waals surface area (Å²) in [5, 5.41) is 0. The van der Waals surface area contributed by atoms with Crippen molar-refractivity contribution in [1.29, 1.82) is 0 Å². The van der Waals surface area contributed by atoms with Gasteiger partial charge >= 0.3 is 11.9 Å². The summed E-state index contributed by atoms with van der Waals surface area (Å²) in [6.07, 6.45) is 9.77. The molecule has 0 N–H and O–H groups in total. The van der Waals surface area contributed by atoms with Crippen LogP contribution in [0.5, 0.6) is 0 Å². The number of hydrogen-bond donors (Lipinski definition) is 0. The summed E-state index contributed by atoms with van der Waals surface area (Å²) >= 11 is 4.06. The topological polar surface area (TPSA) is 52.6 Å². The van der Waals surface area contributed by atoms with E-state index in [-0.39, 0.29) is 35.0 Å². The van der Waals surface area contributed by atoms with Gasteiger partial charge in [0.05, 0.1) is 0 Å². The Balaban J connectivity index is 1.61. The van der Waals surface area contributed by atoms with Gasteiger partial charge in [0.25, 0.3) is 0 Å². The lowest BCUT2D eigenvalue weighted by Crippen LogP contribution is -2.55. The van der Waals surface area contributed by atoms with Crippen LogP contribution in [0.2, 0.25) is 0 Å². The molecule has 4 aliphatic carbocycles. The van der Waals surface area contributed by atoms with Gasteiger partial charge in [-0.15, -0.1) is 0 Å². The van der Waals surface area contributed by atoms with E-state index in [4.69, 9.17) is 9.47 Å². The van der Waals surface area contributed by atoms with E-state index >= 15 is 0 Å². The normalized spacial score (nSPS) is 47.2. The monoisotopic (exact) mass is 452 g/mol. The fraction of sp³-hybridized carbons (Fsp3) is 0.826. The van der Waals surface area contributed by atoms with Gasteiger partial charge in [-0.1, -0.05) is 35.4 Å². The molecule has 28 heavy (non-hydrogen) atoms. The van der Waals surface area contributed by atoms with Crippen molar-refractivity contribution in [1.82, 2.24) is 0 Å². The Morgan fingerprint density at radius 3 is 2.39 bits per heavy atom. The Morgan fingerprint density at radius 2 is 1.71 bits per heavy atom. The van der Waals surface area contributed by atoms with Gasteiger partial charge in [0, 0.05) is 24.1 Å². The highest BCUT2D eigenvalue weighted by Gasteiger charge is 2.61. The SMILES string of the molecule is CC(=O)O[C@@H]1C=C2CC(Br)[C@H]3[C@@H]4CC[C@H](OC(C)=O)[C@@]4(C)CC[C@@H]3[C@@]2(C)CC1. The zero-order valence-corrected chi connectivity index (χ0v) is 19.1. The van der Waals surface area contributed by atoms with Gasteiger partial charge in [-0.2, -0.15) is 0 Å². The largest absolute Gasteiger partial charge is 0.462 e. The third-order valence-corrected chi connectivity index (χ3v) is 9.53. The summed E-state index contributed by atoms with van der Waals surface area (Å²) in [7, 11) is 0. The molecule has 8 atom stereocenters. The first-order chi connectivity index (χ1) is 13.1. The average molecular weight is 453 g/mol. The van der Waals surface area contributed by atoms with Gasteiger partial charge in [0.15, 0.2) is 0 Å². The van der Waals surface area contributed by atoms with Gasteiger partial charge < -0.3 is 9.47 Å². The van der Waals surface area contributed by atoms with Gasteiger partial charge in [-0.25, -0.2) is 0 Å². The van der Waals surface area contributed by atoms with Gasteiger partial charge in [-0.3, -0.25) is 9.59 Å². The zero-order valence-electron chi connectivity index (χ0n) is 17.5. The van der Waals surface area contributed by atoms with Crippen LogP contribution in [0.4, 0.5) is 0 Å². The molecule has 0 aliphatic heterocycles. The first-order valence-electron chi connectivity index (χ1n) is 10.8. The Kier molecular flexibility index (Phi) is 5.21. The van der Waals surface area contributed by atoms with Crippen molar-refractivity contribution in [2.75, 3.05) is 0 Å². The maximum Gasteiger partial charge on any atom is 0.303 e.